The molecule has 0 bridgehead atoms. The summed E-state index contributed by atoms with van der Waals surface area (Å²) in [7, 11) is 0. The normalized spacial score (nSPS) is 1.00. The van der Waals surface area contributed by atoms with Gasteiger partial charge in [-0.3, -0.25) is 0 Å². The van der Waals surface area contributed by atoms with E-state index >= 15 is 0 Å². The van der Waals surface area contributed by atoms with Gasteiger partial charge in [-0.25, -0.2) is 0 Å². The maximum absolute atomic E-state index is 7.00. The molecule has 0 fully saturated rings. The van der Waals surface area contributed by atoms with Crippen molar-refractivity contribution in [2.24, 2.45) is 0 Å². The van der Waals surface area contributed by atoms with Gasteiger partial charge in [0.15, 0.2) is 0 Å². The van der Waals surface area contributed by atoms with Gasteiger partial charge in [0.1, 0.15) is 0 Å². The van der Waals surface area contributed by atoms with Crippen LogP contribution >= 0.6 is 0 Å². The van der Waals surface area contributed by atoms with Crippen molar-refractivity contribution in [1.82, 2.24) is 0 Å². The van der Waals surface area contributed by atoms with E-state index in [1.807, 2.05) is 0 Å². The molecule has 2 nitrogen and oxygen atoms in total. The third-order valence-corrected chi connectivity index (χ3v) is 0. The average molecular weight is 175 g/mol. The van der Waals surface area contributed by atoms with Crippen LogP contribution in [0.25, 0.3) is 0 Å². The van der Waals surface area contributed by atoms with Crippen LogP contribution in [0.2, 0.25) is 0 Å². The molecule has 0 atom stereocenters. The predicted octanol–water partition coefficient (Wildman–Crippen LogP) is -0.695. The molecule has 0 aromatic heterocycles. The van der Waals surface area contributed by atoms with E-state index in [-0.39, 0.29) is 47.0 Å². The van der Waals surface area contributed by atoms with E-state index in [9.17, 15) is 0 Å². The quantitative estimate of drug-likeness (QED) is 0.456. The summed E-state index contributed by atoms with van der Waals surface area (Å²) in [6.07, 6.45) is 0. The second-order valence-corrected chi connectivity index (χ2v) is 0. The zero-order valence-electron chi connectivity index (χ0n) is 2.02. The first-order chi connectivity index (χ1) is 1.00. The van der Waals surface area contributed by atoms with Crippen LogP contribution in [-0.4, -0.2) is 47.0 Å². The number of rotatable bonds is 0. The molecule has 0 saturated carbocycles. The SMILES string of the molecule is O=O.[Mg].[Sn]. The third kappa shape index (κ3) is 10.9. The molecule has 0 aromatic rings. The molecule has 0 N–H and O–H groups in total. The molecule has 0 rings (SSSR count). The molecule has 0 unspecified atom stereocenters. The minimum atomic E-state index is 0. The van der Waals surface area contributed by atoms with Crippen LogP contribution in [0, 0.1) is 9.93 Å². The standard InChI is InChI=1S/Mg.O2.Sn/c;1-2;. The van der Waals surface area contributed by atoms with E-state index in [1.165, 1.54) is 0 Å². The molecular formula is MgO2Sn. The second kappa shape index (κ2) is 30.7. The molecule has 4 heteroatoms. The van der Waals surface area contributed by atoms with Gasteiger partial charge in [0, 0.05) is 56.9 Å². The van der Waals surface area contributed by atoms with Gasteiger partial charge in [-0.05, 0) is 0 Å². The summed E-state index contributed by atoms with van der Waals surface area (Å²) in [5, 5.41) is 0. The summed E-state index contributed by atoms with van der Waals surface area (Å²) >= 11 is 0. The molecule has 0 saturated heterocycles. The molecule has 0 aromatic carbocycles. The summed E-state index contributed by atoms with van der Waals surface area (Å²) in [5.41, 5.74) is 0. The van der Waals surface area contributed by atoms with Crippen LogP contribution < -0.4 is 0 Å². The second-order valence-electron chi connectivity index (χ2n) is 0. The van der Waals surface area contributed by atoms with Gasteiger partial charge in [-0.2, -0.15) is 0 Å². The van der Waals surface area contributed by atoms with Gasteiger partial charge < -0.3 is 0 Å². The maximum atomic E-state index is 7.00. The van der Waals surface area contributed by atoms with Crippen LogP contribution in [-0.2, 0) is 0 Å². The Bertz CT molecular complexity index is 6.00. The molecule has 0 amide bonds. The smallest absolute Gasteiger partial charge is 0 e. The first kappa shape index (κ1) is 19.1. The first-order valence-corrected chi connectivity index (χ1v) is 0.167. The molecule has 0 spiro atoms. The summed E-state index contributed by atoms with van der Waals surface area (Å²) in [4.78, 5) is 14.0. The topological polar surface area (TPSA) is 34.1 Å². The fourth-order valence-corrected chi connectivity index (χ4v) is 0. The Morgan fingerprint density at radius 3 is 1.00 bits per heavy atom. The fraction of sp³-hybridized carbons (Fsp3) is 0. The van der Waals surface area contributed by atoms with Gasteiger partial charge in [-0.15, -0.1) is 0 Å². The number of hydrogen-bond donors (Lipinski definition) is 0. The van der Waals surface area contributed by atoms with Crippen LogP contribution in [0.15, 0.2) is 0 Å². The maximum Gasteiger partial charge on any atom is 0 e. The van der Waals surface area contributed by atoms with Crippen molar-refractivity contribution in [3.05, 3.63) is 9.93 Å². The van der Waals surface area contributed by atoms with Gasteiger partial charge >= 0.3 is 0 Å². The van der Waals surface area contributed by atoms with E-state index in [0.717, 1.165) is 0 Å². The Balaban J connectivity index is -0.00000000500. The Labute approximate surface area is 56.7 Å². The summed E-state index contributed by atoms with van der Waals surface area (Å²) in [6.45, 7) is 0. The Hall–Kier alpha value is 1.16. The van der Waals surface area contributed by atoms with E-state index < -0.39 is 0 Å². The van der Waals surface area contributed by atoms with Crippen molar-refractivity contribution in [1.29, 1.82) is 0 Å². The first-order valence-electron chi connectivity index (χ1n) is 0.167. The van der Waals surface area contributed by atoms with Crippen LogP contribution in [0.3, 0.4) is 0 Å². The van der Waals surface area contributed by atoms with E-state index in [2.05, 4.69) is 0 Å². The largest absolute Gasteiger partial charge is 0 e. The third-order valence-electron chi connectivity index (χ3n) is 0. The van der Waals surface area contributed by atoms with Crippen molar-refractivity contribution < 1.29 is 0 Å². The molecule has 0 aliphatic carbocycles. The Kier molecular flexibility index (Phi) is 147. The van der Waals surface area contributed by atoms with Gasteiger partial charge in [0.2, 0.25) is 0 Å². The Morgan fingerprint density at radius 1 is 1.00 bits per heavy atom. The average Bonchev–Trinajstić information content (AvgIpc) is 1.00. The minimum absolute atomic E-state index is 0. The molecule has 0 aliphatic rings. The monoisotopic (exact) mass is 176 g/mol. The molecule has 0 aliphatic heterocycles. The molecule has 0 heterocycles. The molecular weight excluding hydrogens is 175 g/mol. The van der Waals surface area contributed by atoms with E-state index in [1.54, 1.807) is 0 Å². The van der Waals surface area contributed by atoms with Crippen molar-refractivity contribution in [2.75, 3.05) is 0 Å². The van der Waals surface area contributed by atoms with Crippen LogP contribution in [0.5, 0.6) is 0 Å². The minimum Gasteiger partial charge on any atom is 0 e. The summed E-state index contributed by atoms with van der Waals surface area (Å²) < 4.78 is 0. The van der Waals surface area contributed by atoms with Gasteiger partial charge in [-0.1, -0.05) is 0 Å². The molecule has 18 valence electrons. The van der Waals surface area contributed by atoms with Crippen molar-refractivity contribution in [2.45, 2.75) is 0 Å². The fourth-order valence-electron chi connectivity index (χ4n) is 0. The van der Waals surface area contributed by atoms with E-state index in [4.69, 9.17) is 9.93 Å². The van der Waals surface area contributed by atoms with Crippen molar-refractivity contribution >= 4 is 47.0 Å². The zero-order valence-corrected chi connectivity index (χ0v) is 6.29. The number of hydrogen-bond acceptors (Lipinski definition) is 2. The van der Waals surface area contributed by atoms with Crippen LogP contribution in [0.4, 0.5) is 0 Å². The molecule has 6 radical (unpaired) electrons. The van der Waals surface area contributed by atoms with Crippen molar-refractivity contribution in [3.63, 3.8) is 0 Å². The predicted molar refractivity (Wildman–Crippen MR) is 18.2 cm³/mol. The van der Waals surface area contributed by atoms with Gasteiger partial charge in [0.25, 0.3) is 0 Å². The van der Waals surface area contributed by atoms with Crippen molar-refractivity contribution in [3.8, 4) is 0 Å². The summed E-state index contributed by atoms with van der Waals surface area (Å²) in [5.74, 6) is 0. The van der Waals surface area contributed by atoms with E-state index in [0.29, 0.717) is 0 Å². The van der Waals surface area contributed by atoms with Gasteiger partial charge in [0.05, 0.1) is 0 Å². The Morgan fingerprint density at radius 2 is 1.00 bits per heavy atom. The van der Waals surface area contributed by atoms with Crippen LogP contribution in [0.1, 0.15) is 0 Å². The zero-order chi connectivity index (χ0) is 2.00. The summed E-state index contributed by atoms with van der Waals surface area (Å²) in [6, 6.07) is 0. The molecule has 4 heavy (non-hydrogen) atoms.